The third-order valence-electron chi connectivity index (χ3n) is 2.19. The van der Waals surface area contributed by atoms with Crippen LogP contribution >= 0.6 is 12.2 Å². The number of carbonyl (C=O) groups is 1. The van der Waals surface area contributed by atoms with E-state index in [1.165, 1.54) is 0 Å². The summed E-state index contributed by atoms with van der Waals surface area (Å²) in [6.45, 7) is 11.0. The molecule has 0 aromatic rings. The second-order valence-corrected chi connectivity index (χ2v) is 5.47. The van der Waals surface area contributed by atoms with Crippen molar-refractivity contribution in [3.63, 3.8) is 0 Å². The van der Waals surface area contributed by atoms with Crippen LogP contribution in [0, 0.1) is 0 Å². The van der Waals surface area contributed by atoms with Crippen LogP contribution in [0.4, 0.5) is 0 Å². The highest BCUT2D eigenvalue weighted by Crippen LogP contribution is 2.04. The lowest BCUT2D eigenvalue weighted by Gasteiger charge is -2.29. The Bertz CT molecular complexity index is 260. The van der Waals surface area contributed by atoms with Crippen LogP contribution in [0.25, 0.3) is 0 Å². The molecule has 16 heavy (non-hydrogen) atoms. The summed E-state index contributed by atoms with van der Waals surface area (Å²) in [7, 11) is 0. The van der Waals surface area contributed by atoms with Crippen molar-refractivity contribution < 1.29 is 4.79 Å². The first-order chi connectivity index (χ1) is 7.17. The van der Waals surface area contributed by atoms with Gasteiger partial charge >= 0.3 is 0 Å². The number of thiocarbonyl (C=S) groups is 1. The van der Waals surface area contributed by atoms with Gasteiger partial charge in [-0.2, -0.15) is 0 Å². The van der Waals surface area contributed by atoms with Crippen molar-refractivity contribution in [3.05, 3.63) is 0 Å². The van der Waals surface area contributed by atoms with Crippen LogP contribution in [-0.4, -0.2) is 40.5 Å². The maximum Gasteiger partial charge on any atom is 0.237 e. The maximum absolute atomic E-state index is 11.9. The van der Waals surface area contributed by atoms with E-state index in [1.807, 2.05) is 39.5 Å². The molecule has 0 saturated heterocycles. The summed E-state index contributed by atoms with van der Waals surface area (Å²) in [6, 6.07) is -0.217. The van der Waals surface area contributed by atoms with Gasteiger partial charge in [0, 0.05) is 12.1 Å². The van der Waals surface area contributed by atoms with Gasteiger partial charge in [0.05, 0.1) is 11.0 Å². The average molecular weight is 245 g/mol. The molecule has 0 spiro atoms. The molecular weight excluding hydrogens is 222 g/mol. The Morgan fingerprint density at radius 1 is 1.50 bits per heavy atom. The largest absolute Gasteiger partial charge is 0.392 e. The minimum absolute atomic E-state index is 0.00519. The SMILES string of the molecule is CCN(CC(N)=S)C(C)C(=O)NC(C)(C)C. The molecule has 0 radical (unpaired) electrons. The summed E-state index contributed by atoms with van der Waals surface area (Å²) in [5.74, 6) is 0.00519. The third kappa shape index (κ3) is 6.02. The van der Waals surface area contributed by atoms with Crippen LogP contribution < -0.4 is 11.1 Å². The monoisotopic (exact) mass is 245 g/mol. The number of hydrogen-bond donors (Lipinski definition) is 2. The molecule has 4 nitrogen and oxygen atoms in total. The Balaban J connectivity index is 4.44. The number of likely N-dealkylation sites (N-methyl/N-ethyl adjacent to an activating group) is 1. The first-order valence-electron chi connectivity index (χ1n) is 5.51. The van der Waals surface area contributed by atoms with Crippen LogP contribution in [-0.2, 0) is 4.79 Å². The summed E-state index contributed by atoms with van der Waals surface area (Å²) < 4.78 is 0. The predicted molar refractivity (Wildman–Crippen MR) is 71.4 cm³/mol. The van der Waals surface area contributed by atoms with Gasteiger partial charge in [-0.1, -0.05) is 19.1 Å². The fourth-order valence-corrected chi connectivity index (χ4v) is 1.53. The average Bonchev–Trinajstić information content (AvgIpc) is 2.09. The number of nitrogens with zero attached hydrogens (tertiary/aromatic N) is 1. The van der Waals surface area contributed by atoms with E-state index in [-0.39, 0.29) is 17.5 Å². The van der Waals surface area contributed by atoms with Crippen LogP contribution in [0.1, 0.15) is 34.6 Å². The van der Waals surface area contributed by atoms with Gasteiger partial charge in [-0.3, -0.25) is 9.69 Å². The van der Waals surface area contributed by atoms with Crippen molar-refractivity contribution in [2.24, 2.45) is 5.73 Å². The Hall–Kier alpha value is -0.680. The molecule has 0 aromatic heterocycles. The van der Waals surface area contributed by atoms with E-state index in [1.54, 1.807) is 0 Å². The van der Waals surface area contributed by atoms with Gasteiger partial charge in [-0.15, -0.1) is 0 Å². The molecule has 0 aliphatic carbocycles. The normalized spacial score (nSPS) is 13.6. The Morgan fingerprint density at radius 3 is 2.31 bits per heavy atom. The zero-order chi connectivity index (χ0) is 12.9. The fourth-order valence-electron chi connectivity index (χ4n) is 1.36. The van der Waals surface area contributed by atoms with Gasteiger partial charge in [0.2, 0.25) is 5.91 Å². The van der Waals surface area contributed by atoms with Gasteiger partial charge in [-0.05, 0) is 34.2 Å². The number of carbonyl (C=O) groups excluding carboxylic acids is 1. The molecule has 0 bridgehead atoms. The first kappa shape index (κ1) is 15.3. The first-order valence-corrected chi connectivity index (χ1v) is 5.92. The highest BCUT2D eigenvalue weighted by atomic mass is 32.1. The van der Waals surface area contributed by atoms with Gasteiger partial charge in [-0.25, -0.2) is 0 Å². The molecule has 94 valence electrons. The Morgan fingerprint density at radius 2 is 2.00 bits per heavy atom. The number of hydrogen-bond acceptors (Lipinski definition) is 3. The highest BCUT2D eigenvalue weighted by molar-refractivity contribution is 7.80. The van der Waals surface area contributed by atoms with E-state index in [9.17, 15) is 4.79 Å². The van der Waals surface area contributed by atoms with Gasteiger partial charge in [0.15, 0.2) is 0 Å². The molecule has 0 rings (SSSR count). The standard InChI is InChI=1S/C11H23N3OS/c1-6-14(7-9(12)16)8(2)10(15)13-11(3,4)5/h8H,6-7H2,1-5H3,(H2,12,16)(H,13,15). The molecule has 3 N–H and O–H groups in total. The number of nitrogens with two attached hydrogens (primary N) is 1. The summed E-state index contributed by atoms with van der Waals surface area (Å²) >= 11 is 4.86. The van der Waals surface area contributed by atoms with Crippen molar-refractivity contribution in [2.45, 2.75) is 46.2 Å². The van der Waals surface area contributed by atoms with Crippen molar-refractivity contribution in [2.75, 3.05) is 13.1 Å². The molecule has 0 saturated carbocycles. The second-order valence-electron chi connectivity index (χ2n) is 4.94. The quantitative estimate of drug-likeness (QED) is 0.707. The molecule has 1 unspecified atom stereocenters. The van der Waals surface area contributed by atoms with E-state index < -0.39 is 0 Å². The lowest BCUT2D eigenvalue weighted by Crippen LogP contribution is -2.52. The summed E-state index contributed by atoms with van der Waals surface area (Å²) in [5, 5.41) is 2.94. The zero-order valence-corrected chi connectivity index (χ0v) is 11.6. The molecule has 0 heterocycles. The van der Waals surface area contributed by atoms with E-state index in [0.717, 1.165) is 6.54 Å². The molecule has 5 heteroatoms. The predicted octanol–water partition coefficient (Wildman–Crippen LogP) is 0.898. The summed E-state index contributed by atoms with van der Waals surface area (Å²) in [6.07, 6.45) is 0. The van der Waals surface area contributed by atoms with E-state index in [2.05, 4.69) is 5.32 Å². The lowest BCUT2D eigenvalue weighted by molar-refractivity contribution is -0.127. The second kappa shape index (κ2) is 6.15. The van der Waals surface area contributed by atoms with Gasteiger partial charge in [0.1, 0.15) is 0 Å². The molecule has 1 amide bonds. The van der Waals surface area contributed by atoms with Crippen molar-refractivity contribution >= 4 is 23.1 Å². The minimum atomic E-state index is -0.217. The van der Waals surface area contributed by atoms with Crippen molar-refractivity contribution in [1.82, 2.24) is 10.2 Å². The van der Waals surface area contributed by atoms with E-state index in [0.29, 0.717) is 11.5 Å². The number of rotatable bonds is 5. The highest BCUT2D eigenvalue weighted by Gasteiger charge is 2.23. The smallest absolute Gasteiger partial charge is 0.237 e. The van der Waals surface area contributed by atoms with Crippen LogP contribution in [0.15, 0.2) is 0 Å². The topological polar surface area (TPSA) is 58.4 Å². The molecule has 0 aliphatic heterocycles. The van der Waals surface area contributed by atoms with Crippen LogP contribution in [0.3, 0.4) is 0 Å². The maximum atomic E-state index is 11.9. The molecule has 0 fully saturated rings. The van der Waals surface area contributed by atoms with Crippen LogP contribution in [0.5, 0.6) is 0 Å². The van der Waals surface area contributed by atoms with Crippen molar-refractivity contribution in [1.29, 1.82) is 0 Å². The minimum Gasteiger partial charge on any atom is -0.392 e. The van der Waals surface area contributed by atoms with E-state index in [4.69, 9.17) is 18.0 Å². The van der Waals surface area contributed by atoms with Gasteiger partial charge < -0.3 is 11.1 Å². The summed E-state index contributed by atoms with van der Waals surface area (Å²) in [4.78, 5) is 14.3. The van der Waals surface area contributed by atoms with E-state index >= 15 is 0 Å². The third-order valence-corrected chi connectivity index (χ3v) is 2.32. The van der Waals surface area contributed by atoms with Crippen LogP contribution in [0.2, 0.25) is 0 Å². The van der Waals surface area contributed by atoms with Crippen molar-refractivity contribution in [3.8, 4) is 0 Å². The molecule has 0 aliphatic rings. The lowest BCUT2D eigenvalue weighted by atomic mass is 10.1. The zero-order valence-electron chi connectivity index (χ0n) is 10.8. The summed E-state index contributed by atoms with van der Waals surface area (Å²) in [5.41, 5.74) is 5.28. The van der Waals surface area contributed by atoms with Gasteiger partial charge in [0.25, 0.3) is 0 Å². The molecular formula is C11H23N3OS. The number of nitrogens with one attached hydrogen (secondary N) is 1. The fraction of sp³-hybridized carbons (Fsp3) is 0.818. The Kier molecular flexibility index (Phi) is 5.89. The number of amides is 1. The molecule has 1 atom stereocenters. The Labute approximate surface area is 104 Å². The molecule has 0 aromatic carbocycles.